The van der Waals surface area contributed by atoms with Gasteiger partial charge in [0.25, 0.3) is 0 Å². The number of hydrogen-bond donors (Lipinski definition) is 2. The number of likely N-dealkylation sites (tertiary alicyclic amines) is 1. The molecule has 0 aromatic carbocycles. The van der Waals surface area contributed by atoms with Crippen molar-refractivity contribution in [3.05, 3.63) is 10.6 Å². The average molecular weight is 533 g/mol. The van der Waals surface area contributed by atoms with Gasteiger partial charge in [-0.05, 0) is 63.2 Å². The minimum atomic E-state index is -0.567. The monoisotopic (exact) mass is 532 g/mol. The van der Waals surface area contributed by atoms with Crippen molar-refractivity contribution in [2.24, 2.45) is 29.1 Å². The van der Waals surface area contributed by atoms with Crippen LogP contribution in [-0.2, 0) is 20.8 Å². The number of amides is 3. The van der Waals surface area contributed by atoms with Gasteiger partial charge >= 0.3 is 0 Å². The van der Waals surface area contributed by atoms with Crippen LogP contribution in [0.2, 0.25) is 0 Å². The topological polar surface area (TPSA) is 103 Å². The Bertz CT molecular complexity index is 1020. The predicted octanol–water partition coefficient (Wildman–Crippen LogP) is 3.90. The number of carbonyl (C=O) groups excluding carboxylic acids is 3. The van der Waals surface area contributed by atoms with Crippen LogP contribution in [-0.4, -0.2) is 69.9 Å². The van der Waals surface area contributed by atoms with E-state index in [9.17, 15) is 19.5 Å². The Morgan fingerprint density at radius 1 is 1.22 bits per heavy atom. The van der Waals surface area contributed by atoms with Gasteiger partial charge in [-0.3, -0.25) is 14.4 Å². The molecule has 1 aliphatic heterocycles. The quantitative estimate of drug-likeness (QED) is 0.579. The summed E-state index contributed by atoms with van der Waals surface area (Å²) in [7, 11) is 0. The van der Waals surface area contributed by atoms with E-state index in [0.717, 1.165) is 25.0 Å². The summed E-state index contributed by atoms with van der Waals surface area (Å²) in [4.78, 5) is 47.4. The van der Waals surface area contributed by atoms with E-state index in [2.05, 4.69) is 19.2 Å². The molecule has 2 fully saturated rings. The highest BCUT2D eigenvalue weighted by atomic mass is 32.1. The summed E-state index contributed by atoms with van der Waals surface area (Å²) in [5, 5.41) is 15.4. The fourth-order valence-electron chi connectivity index (χ4n) is 7.27. The smallest absolute Gasteiger partial charge is 0.229 e. The summed E-state index contributed by atoms with van der Waals surface area (Å²) in [6.45, 7) is 14.6. The zero-order valence-corrected chi connectivity index (χ0v) is 24.1. The molecule has 0 radical (unpaired) electrons. The number of hydrogen-bond acceptors (Lipinski definition) is 6. The molecule has 8 nitrogen and oxygen atoms in total. The van der Waals surface area contributed by atoms with E-state index < -0.39 is 6.10 Å². The molecule has 37 heavy (non-hydrogen) atoms. The molecule has 1 aromatic rings. The van der Waals surface area contributed by atoms with Crippen LogP contribution in [0.25, 0.3) is 0 Å². The Morgan fingerprint density at radius 3 is 2.46 bits per heavy atom. The van der Waals surface area contributed by atoms with E-state index in [4.69, 9.17) is 4.98 Å². The number of piperidine rings is 1. The number of thiazole rings is 1. The van der Waals surface area contributed by atoms with Crippen LogP contribution < -0.4 is 5.32 Å². The molecule has 206 valence electrons. The van der Waals surface area contributed by atoms with Crippen molar-refractivity contribution in [3.8, 4) is 0 Å². The first-order valence-electron chi connectivity index (χ1n) is 14.0. The van der Waals surface area contributed by atoms with Crippen LogP contribution in [0, 0.1) is 29.1 Å². The molecule has 6 atom stereocenters. The van der Waals surface area contributed by atoms with Crippen LogP contribution in [0.3, 0.4) is 0 Å². The van der Waals surface area contributed by atoms with Gasteiger partial charge in [0.15, 0.2) is 5.13 Å². The molecular formula is C28H44N4O4S. The summed E-state index contributed by atoms with van der Waals surface area (Å²) >= 11 is 1.56. The maximum atomic E-state index is 13.1. The molecule has 9 heteroatoms. The Morgan fingerprint density at radius 2 is 1.86 bits per heavy atom. The van der Waals surface area contributed by atoms with E-state index in [-0.39, 0.29) is 52.7 Å². The van der Waals surface area contributed by atoms with Gasteiger partial charge in [0.2, 0.25) is 17.7 Å². The standard InChI is InChI=1S/C28H44N4O4S/c1-7-31(8-2)26(36)16(3)20-9-12-28(6)15-21-23(17(4)22(28)24(20)34)29-27(37-21)30-25(35)19-10-13-32(14-11-19)18(5)33/h16-17,19-20,22,24,34H,7-15H2,1-6H3,(H,29,30,35)/t16-,17-,20-,22+,24-,28-/m0/s1. The van der Waals surface area contributed by atoms with Gasteiger partial charge in [-0.25, -0.2) is 4.98 Å². The first-order valence-corrected chi connectivity index (χ1v) is 14.8. The van der Waals surface area contributed by atoms with Crippen LogP contribution in [0.15, 0.2) is 0 Å². The highest BCUT2D eigenvalue weighted by Crippen LogP contribution is 2.57. The number of anilines is 1. The van der Waals surface area contributed by atoms with Gasteiger partial charge in [-0.1, -0.05) is 20.8 Å². The van der Waals surface area contributed by atoms with Crippen molar-refractivity contribution in [2.75, 3.05) is 31.5 Å². The summed E-state index contributed by atoms with van der Waals surface area (Å²) in [6, 6.07) is 0. The van der Waals surface area contributed by atoms with Crippen LogP contribution in [0.4, 0.5) is 5.13 Å². The van der Waals surface area contributed by atoms with E-state index in [1.165, 1.54) is 4.88 Å². The molecular weight excluding hydrogens is 488 g/mol. The first kappa shape index (κ1) is 28.0. The molecule has 1 saturated heterocycles. The van der Waals surface area contributed by atoms with Gasteiger partial charge < -0.3 is 20.2 Å². The highest BCUT2D eigenvalue weighted by Gasteiger charge is 2.54. The predicted molar refractivity (Wildman–Crippen MR) is 145 cm³/mol. The number of nitrogens with one attached hydrogen (secondary N) is 1. The lowest BCUT2D eigenvalue weighted by molar-refractivity contribution is -0.144. The number of nitrogens with zero attached hydrogens (tertiary/aromatic N) is 3. The molecule has 0 bridgehead atoms. The summed E-state index contributed by atoms with van der Waals surface area (Å²) in [5.41, 5.74) is 0.921. The van der Waals surface area contributed by atoms with Crippen molar-refractivity contribution in [1.82, 2.24) is 14.8 Å². The van der Waals surface area contributed by atoms with Gasteiger partial charge in [-0.15, -0.1) is 11.3 Å². The van der Waals surface area contributed by atoms with Crippen molar-refractivity contribution < 1.29 is 19.5 Å². The van der Waals surface area contributed by atoms with Crippen LogP contribution in [0.1, 0.15) is 83.7 Å². The fraction of sp³-hybridized carbons (Fsp3) is 0.786. The number of aliphatic hydroxyl groups excluding tert-OH is 1. The zero-order valence-electron chi connectivity index (χ0n) is 23.2. The molecule has 4 rings (SSSR count). The number of aliphatic hydroxyl groups is 1. The van der Waals surface area contributed by atoms with E-state index in [1.54, 1.807) is 23.2 Å². The van der Waals surface area contributed by atoms with Crippen molar-refractivity contribution in [3.63, 3.8) is 0 Å². The molecule has 2 N–H and O–H groups in total. The second kappa shape index (κ2) is 11.0. The average Bonchev–Trinajstić information content (AvgIpc) is 3.26. The summed E-state index contributed by atoms with van der Waals surface area (Å²) in [6.07, 6.45) is 3.42. The minimum Gasteiger partial charge on any atom is -0.392 e. The van der Waals surface area contributed by atoms with Crippen LogP contribution >= 0.6 is 11.3 Å². The Balaban J connectivity index is 1.47. The third-order valence-electron chi connectivity index (χ3n) is 9.57. The van der Waals surface area contributed by atoms with Crippen molar-refractivity contribution in [1.29, 1.82) is 0 Å². The molecule has 3 amide bonds. The van der Waals surface area contributed by atoms with E-state index in [1.807, 2.05) is 25.7 Å². The molecule has 0 unspecified atom stereocenters. The highest BCUT2D eigenvalue weighted by molar-refractivity contribution is 7.15. The second-order valence-corrected chi connectivity index (χ2v) is 12.8. The normalized spacial score (nSPS) is 30.7. The molecule has 1 saturated carbocycles. The molecule has 1 aromatic heterocycles. The lowest BCUT2D eigenvalue weighted by Crippen LogP contribution is -2.53. The second-order valence-electron chi connectivity index (χ2n) is 11.7. The van der Waals surface area contributed by atoms with Gasteiger partial charge in [0, 0.05) is 55.7 Å². The van der Waals surface area contributed by atoms with Crippen molar-refractivity contribution >= 4 is 34.2 Å². The molecule has 2 aliphatic carbocycles. The Labute approximate surface area is 225 Å². The molecule has 2 heterocycles. The number of aromatic nitrogens is 1. The largest absolute Gasteiger partial charge is 0.392 e. The van der Waals surface area contributed by atoms with Gasteiger partial charge in [0.1, 0.15) is 0 Å². The third kappa shape index (κ3) is 5.31. The van der Waals surface area contributed by atoms with Gasteiger partial charge in [0.05, 0.1) is 11.8 Å². The lowest BCUT2D eigenvalue weighted by atomic mass is 9.53. The Kier molecular flexibility index (Phi) is 8.34. The zero-order chi connectivity index (χ0) is 27.1. The lowest BCUT2D eigenvalue weighted by Gasteiger charge is -2.53. The molecule has 0 spiro atoms. The fourth-order valence-corrected chi connectivity index (χ4v) is 8.54. The van der Waals surface area contributed by atoms with Crippen molar-refractivity contribution in [2.45, 2.75) is 85.7 Å². The van der Waals surface area contributed by atoms with E-state index in [0.29, 0.717) is 44.2 Å². The SMILES string of the molecule is CCN(CC)C(=O)[C@@H](C)[C@@H]1CC[C@@]2(C)Cc3sc(NC(=O)C4CCN(C(C)=O)CC4)nc3[C@@H](C)[C@@H]2[C@H]1O. The number of carbonyl (C=O) groups is 3. The van der Waals surface area contributed by atoms with Crippen LogP contribution in [0.5, 0.6) is 0 Å². The maximum Gasteiger partial charge on any atom is 0.229 e. The number of fused-ring (bicyclic) bond motifs is 2. The summed E-state index contributed by atoms with van der Waals surface area (Å²) in [5.74, 6) is -0.144. The number of rotatable bonds is 6. The first-order chi connectivity index (χ1) is 17.5. The van der Waals surface area contributed by atoms with E-state index >= 15 is 0 Å². The maximum absolute atomic E-state index is 13.1. The third-order valence-corrected chi connectivity index (χ3v) is 10.6. The summed E-state index contributed by atoms with van der Waals surface area (Å²) < 4.78 is 0. The van der Waals surface area contributed by atoms with Gasteiger partial charge in [-0.2, -0.15) is 0 Å². The Hall–Kier alpha value is -2.00. The minimum absolute atomic E-state index is 0.0191. The molecule has 3 aliphatic rings.